The predicted molar refractivity (Wildman–Crippen MR) is 119 cm³/mol. The van der Waals surface area contributed by atoms with E-state index in [1.165, 1.54) is 0 Å². The molecule has 8 nitrogen and oxygen atoms in total. The molecule has 34 heavy (non-hydrogen) atoms. The van der Waals surface area contributed by atoms with Crippen molar-refractivity contribution in [3.8, 4) is 11.1 Å². The zero-order valence-corrected chi connectivity index (χ0v) is 18.2. The van der Waals surface area contributed by atoms with Crippen molar-refractivity contribution in [3.05, 3.63) is 59.7 Å². The van der Waals surface area contributed by atoms with Gasteiger partial charge in [0.25, 0.3) is 6.43 Å². The number of amides is 2. The minimum Gasteiger partial charge on any atom is -0.481 e. The van der Waals surface area contributed by atoms with E-state index in [1.807, 2.05) is 48.5 Å². The third-order valence-corrected chi connectivity index (χ3v) is 5.63. The van der Waals surface area contributed by atoms with Gasteiger partial charge in [0.1, 0.15) is 18.8 Å². The molecule has 0 saturated carbocycles. The summed E-state index contributed by atoms with van der Waals surface area (Å²) in [6.45, 7) is -0.256. The van der Waals surface area contributed by atoms with Gasteiger partial charge in [0.05, 0.1) is 0 Å². The lowest BCUT2D eigenvalue weighted by Crippen LogP contribution is -2.48. The van der Waals surface area contributed by atoms with Crippen molar-refractivity contribution >= 4 is 18.0 Å². The molecule has 2 unspecified atom stereocenters. The number of carboxylic acids is 1. The Labute approximate surface area is 194 Å². The monoisotopic (exact) mass is 476 g/mol. The van der Waals surface area contributed by atoms with Gasteiger partial charge in [-0.25, -0.2) is 13.6 Å². The van der Waals surface area contributed by atoms with Crippen LogP contribution in [0.15, 0.2) is 48.5 Å². The molecule has 0 saturated heterocycles. The number of hydrogen-bond donors (Lipinski definition) is 4. The number of hydrogen-bond acceptors (Lipinski definition) is 5. The number of fused-ring (bicyclic) bond motifs is 3. The first-order valence-corrected chi connectivity index (χ1v) is 10.8. The van der Waals surface area contributed by atoms with Gasteiger partial charge in [-0.3, -0.25) is 9.59 Å². The first-order valence-electron chi connectivity index (χ1n) is 10.8. The number of carbonyl (C=O) groups is 3. The van der Waals surface area contributed by atoms with E-state index in [0.717, 1.165) is 22.3 Å². The first kappa shape index (κ1) is 25.1. The number of aliphatic carboxylic acids is 1. The van der Waals surface area contributed by atoms with Gasteiger partial charge >= 0.3 is 12.1 Å². The van der Waals surface area contributed by atoms with E-state index < -0.39 is 43.0 Å². The van der Waals surface area contributed by atoms with Gasteiger partial charge in [0.15, 0.2) is 0 Å². The van der Waals surface area contributed by atoms with E-state index in [1.54, 1.807) is 0 Å². The van der Waals surface area contributed by atoms with Gasteiger partial charge < -0.3 is 25.6 Å². The van der Waals surface area contributed by atoms with Crippen LogP contribution >= 0.6 is 0 Å². The predicted octanol–water partition coefficient (Wildman–Crippen LogP) is 2.89. The van der Waals surface area contributed by atoms with Crippen LogP contribution in [0.2, 0.25) is 0 Å². The molecule has 0 heterocycles. The largest absolute Gasteiger partial charge is 0.481 e. The van der Waals surface area contributed by atoms with Crippen molar-refractivity contribution in [3.63, 3.8) is 0 Å². The van der Waals surface area contributed by atoms with E-state index in [2.05, 4.69) is 10.6 Å². The average molecular weight is 476 g/mol. The number of benzene rings is 2. The second-order valence-electron chi connectivity index (χ2n) is 7.94. The number of nitrogens with one attached hydrogen (secondary N) is 2. The number of halogens is 2. The van der Waals surface area contributed by atoms with Crippen LogP contribution < -0.4 is 10.6 Å². The van der Waals surface area contributed by atoms with E-state index >= 15 is 0 Å². The van der Waals surface area contributed by atoms with Crippen LogP contribution in [0.3, 0.4) is 0 Å². The summed E-state index contributed by atoms with van der Waals surface area (Å²) in [7, 11) is 0. The maximum Gasteiger partial charge on any atom is 0.407 e. The summed E-state index contributed by atoms with van der Waals surface area (Å²) in [5, 5.41) is 22.8. The van der Waals surface area contributed by atoms with Crippen molar-refractivity contribution in [2.75, 3.05) is 13.2 Å². The summed E-state index contributed by atoms with van der Waals surface area (Å²) in [4.78, 5) is 35.8. The maximum atomic E-state index is 12.5. The summed E-state index contributed by atoms with van der Waals surface area (Å²) in [6, 6.07) is 14.3. The van der Waals surface area contributed by atoms with Crippen LogP contribution in [0.4, 0.5) is 13.6 Å². The van der Waals surface area contributed by atoms with Crippen LogP contribution in [0.25, 0.3) is 11.1 Å². The lowest BCUT2D eigenvalue weighted by molar-refractivity contribution is -0.137. The summed E-state index contributed by atoms with van der Waals surface area (Å²) in [5.41, 5.74) is 4.12. The minimum atomic E-state index is -2.95. The minimum absolute atomic E-state index is 0.00765. The zero-order chi connectivity index (χ0) is 24.7. The Balaban J connectivity index is 1.60. The highest BCUT2D eigenvalue weighted by atomic mass is 19.3. The number of carbonyl (C=O) groups excluding carboxylic acids is 2. The van der Waals surface area contributed by atoms with Crippen LogP contribution in [-0.4, -0.2) is 59.9 Å². The standard InChI is InChI=1S/C24H26F2N2O6/c25-22(26)20(29)11-12-27-23(32)19(9-10-21(30)31)28-24(33)34-13-18-16-7-3-1-5-14(16)15-6-2-4-8-17(15)18/h1-8,18-20,22,29H,9-13H2,(H,27,32)(H,28,33)(H,30,31). The smallest absolute Gasteiger partial charge is 0.407 e. The number of ether oxygens (including phenoxy) is 1. The zero-order valence-electron chi connectivity index (χ0n) is 18.2. The topological polar surface area (TPSA) is 125 Å². The van der Waals surface area contributed by atoms with E-state index in [-0.39, 0.29) is 31.9 Å². The van der Waals surface area contributed by atoms with Crippen molar-refractivity contribution in [1.29, 1.82) is 0 Å². The fourth-order valence-electron chi connectivity index (χ4n) is 3.91. The highest BCUT2D eigenvalue weighted by Crippen LogP contribution is 2.44. The first-order chi connectivity index (χ1) is 16.3. The molecule has 0 spiro atoms. The number of alkyl carbamates (subject to hydrolysis) is 1. The molecule has 2 atom stereocenters. The third-order valence-electron chi connectivity index (χ3n) is 5.63. The molecule has 2 aromatic carbocycles. The molecule has 0 aliphatic heterocycles. The Hall–Kier alpha value is -3.53. The molecule has 10 heteroatoms. The highest BCUT2D eigenvalue weighted by Gasteiger charge is 2.30. The Morgan fingerprint density at radius 2 is 1.56 bits per heavy atom. The molecule has 1 aliphatic carbocycles. The van der Waals surface area contributed by atoms with Gasteiger partial charge in [0, 0.05) is 18.9 Å². The molecule has 4 N–H and O–H groups in total. The van der Waals surface area contributed by atoms with Crippen LogP contribution in [0.1, 0.15) is 36.3 Å². The number of aliphatic hydroxyl groups is 1. The molecule has 2 amide bonds. The van der Waals surface area contributed by atoms with Crippen molar-refractivity contribution in [2.24, 2.45) is 0 Å². The van der Waals surface area contributed by atoms with E-state index in [4.69, 9.17) is 14.9 Å². The molecule has 0 aromatic heterocycles. The quantitative estimate of drug-likeness (QED) is 0.395. The number of aliphatic hydroxyl groups excluding tert-OH is 1. The summed E-state index contributed by atoms with van der Waals surface area (Å²) >= 11 is 0. The van der Waals surface area contributed by atoms with E-state index in [9.17, 15) is 23.2 Å². The fraction of sp³-hybridized carbons (Fsp3) is 0.375. The second-order valence-corrected chi connectivity index (χ2v) is 7.94. The fourth-order valence-corrected chi connectivity index (χ4v) is 3.91. The van der Waals surface area contributed by atoms with Crippen LogP contribution in [0.5, 0.6) is 0 Å². The van der Waals surface area contributed by atoms with Gasteiger partial charge in [-0.05, 0) is 35.1 Å². The SMILES string of the molecule is O=C(O)CCC(NC(=O)OCC1c2ccccc2-c2ccccc21)C(=O)NCCC(O)C(F)F. The molecule has 182 valence electrons. The number of rotatable bonds is 11. The Kier molecular flexibility index (Phi) is 8.53. The summed E-state index contributed by atoms with van der Waals surface area (Å²) in [6.07, 6.45) is -6.75. The van der Waals surface area contributed by atoms with Crippen molar-refractivity contribution < 1.29 is 38.1 Å². The molecule has 2 aromatic rings. The van der Waals surface area contributed by atoms with Crippen LogP contribution in [-0.2, 0) is 14.3 Å². The average Bonchev–Trinajstić information content (AvgIpc) is 3.13. The van der Waals surface area contributed by atoms with Crippen molar-refractivity contribution in [1.82, 2.24) is 10.6 Å². The molecule has 0 bridgehead atoms. The van der Waals surface area contributed by atoms with Gasteiger partial charge in [-0.1, -0.05) is 48.5 Å². The molecular formula is C24H26F2N2O6. The third kappa shape index (κ3) is 6.28. The normalized spacial score (nSPS) is 14.1. The highest BCUT2D eigenvalue weighted by molar-refractivity contribution is 5.86. The van der Waals surface area contributed by atoms with Crippen molar-refractivity contribution in [2.45, 2.75) is 43.8 Å². The lowest BCUT2D eigenvalue weighted by Gasteiger charge is -2.20. The molecule has 1 aliphatic rings. The second kappa shape index (κ2) is 11.6. The Morgan fingerprint density at radius 3 is 2.12 bits per heavy atom. The molecule has 0 radical (unpaired) electrons. The molecule has 0 fully saturated rings. The lowest BCUT2D eigenvalue weighted by atomic mass is 9.98. The van der Waals surface area contributed by atoms with E-state index in [0.29, 0.717) is 0 Å². The Morgan fingerprint density at radius 1 is 0.971 bits per heavy atom. The van der Waals surface area contributed by atoms with Gasteiger partial charge in [-0.15, -0.1) is 0 Å². The molecule has 3 rings (SSSR count). The maximum absolute atomic E-state index is 12.5. The van der Waals surface area contributed by atoms with Crippen LogP contribution in [0, 0.1) is 0 Å². The number of carboxylic acid groups (broad SMARTS) is 1. The van der Waals surface area contributed by atoms with Gasteiger partial charge in [0.2, 0.25) is 5.91 Å². The molecular weight excluding hydrogens is 450 g/mol. The number of alkyl halides is 2. The van der Waals surface area contributed by atoms with Gasteiger partial charge in [-0.2, -0.15) is 0 Å². The summed E-state index contributed by atoms with van der Waals surface area (Å²) < 4.78 is 30.2. The summed E-state index contributed by atoms with van der Waals surface area (Å²) in [5.74, 6) is -2.11. The Bertz CT molecular complexity index is 987.